The van der Waals surface area contributed by atoms with Crippen LogP contribution in [0.1, 0.15) is 47.0 Å². The summed E-state index contributed by atoms with van der Waals surface area (Å²) in [6.07, 6.45) is 8.39. The molecule has 0 aromatic heterocycles. The van der Waals surface area contributed by atoms with E-state index in [1.807, 2.05) is 45.0 Å². The predicted octanol–water partition coefficient (Wildman–Crippen LogP) is 2.83. The highest BCUT2D eigenvalue weighted by atomic mass is 16.6. The van der Waals surface area contributed by atoms with Crippen LogP contribution in [0.4, 0.5) is 4.79 Å². The molecule has 1 unspecified atom stereocenters. The van der Waals surface area contributed by atoms with Gasteiger partial charge in [0, 0.05) is 31.4 Å². The molecule has 1 atom stereocenters. The fraction of sp³-hybridized carbons (Fsp3) is 0.750. The Hall–Kier alpha value is -1.56. The standard InChI is InChI=1S/C16H28N4O2/c1-13(2)20(14(3)4)16(21)22-15-8-11-19(12-17-15)18-9-6-5-7-10-18/h8,11-15H,5-7,9-10H2,1-4H3. The SMILES string of the molecule is CC(C)N(C(=O)OC1C=CN(N2CCCCC2)C=N1)C(C)C. The zero-order valence-electron chi connectivity index (χ0n) is 14.1. The van der Waals surface area contributed by atoms with Crippen LogP contribution in [-0.4, -0.2) is 58.8 Å². The highest BCUT2D eigenvalue weighted by Gasteiger charge is 2.25. The first-order chi connectivity index (χ1) is 10.5. The van der Waals surface area contributed by atoms with E-state index in [0.29, 0.717) is 0 Å². The maximum Gasteiger partial charge on any atom is 0.412 e. The van der Waals surface area contributed by atoms with Gasteiger partial charge < -0.3 is 9.64 Å². The van der Waals surface area contributed by atoms with Crippen molar-refractivity contribution in [2.75, 3.05) is 13.1 Å². The van der Waals surface area contributed by atoms with Crippen LogP contribution < -0.4 is 0 Å². The lowest BCUT2D eigenvalue weighted by Crippen LogP contribution is -2.45. The first-order valence-electron chi connectivity index (χ1n) is 8.23. The molecule has 124 valence electrons. The molecule has 2 aliphatic heterocycles. The Morgan fingerprint density at radius 1 is 1.18 bits per heavy atom. The second-order valence-electron chi connectivity index (χ2n) is 6.37. The van der Waals surface area contributed by atoms with Gasteiger partial charge in [0.25, 0.3) is 0 Å². The summed E-state index contributed by atoms with van der Waals surface area (Å²) in [7, 11) is 0. The molecule has 1 saturated heterocycles. The molecular weight excluding hydrogens is 280 g/mol. The lowest BCUT2D eigenvalue weighted by molar-refractivity contribution is 0.0484. The van der Waals surface area contributed by atoms with E-state index in [0.717, 1.165) is 13.1 Å². The molecular formula is C16H28N4O2. The Labute approximate surface area is 133 Å². The molecule has 0 radical (unpaired) electrons. The third kappa shape index (κ3) is 4.22. The van der Waals surface area contributed by atoms with Crippen LogP contribution in [0.25, 0.3) is 0 Å². The number of nitrogens with zero attached hydrogens (tertiary/aromatic N) is 4. The van der Waals surface area contributed by atoms with Crippen LogP contribution in [0.15, 0.2) is 17.3 Å². The first-order valence-corrected chi connectivity index (χ1v) is 8.23. The summed E-state index contributed by atoms with van der Waals surface area (Å²) in [6.45, 7) is 10.0. The molecule has 1 fully saturated rings. The molecule has 0 N–H and O–H groups in total. The van der Waals surface area contributed by atoms with Gasteiger partial charge in [0.1, 0.15) is 6.34 Å². The number of carbonyl (C=O) groups is 1. The third-order valence-electron chi connectivity index (χ3n) is 3.94. The molecule has 0 bridgehead atoms. The average Bonchev–Trinajstić information content (AvgIpc) is 2.48. The fourth-order valence-electron chi connectivity index (χ4n) is 2.91. The lowest BCUT2D eigenvalue weighted by atomic mass is 10.2. The van der Waals surface area contributed by atoms with Crippen LogP contribution >= 0.6 is 0 Å². The summed E-state index contributed by atoms with van der Waals surface area (Å²) in [4.78, 5) is 18.3. The van der Waals surface area contributed by atoms with Crippen molar-refractivity contribution in [2.24, 2.45) is 4.99 Å². The normalized spacial score (nSPS) is 22.5. The smallest absolute Gasteiger partial charge is 0.412 e. The molecule has 6 nitrogen and oxygen atoms in total. The van der Waals surface area contributed by atoms with Gasteiger partial charge in [-0.3, -0.25) is 5.01 Å². The van der Waals surface area contributed by atoms with Crippen molar-refractivity contribution in [3.63, 3.8) is 0 Å². The van der Waals surface area contributed by atoms with E-state index < -0.39 is 6.23 Å². The highest BCUT2D eigenvalue weighted by Crippen LogP contribution is 2.15. The average molecular weight is 308 g/mol. The Morgan fingerprint density at radius 3 is 2.32 bits per heavy atom. The van der Waals surface area contributed by atoms with Gasteiger partial charge in [-0.1, -0.05) is 6.42 Å². The van der Waals surface area contributed by atoms with Crippen molar-refractivity contribution < 1.29 is 9.53 Å². The van der Waals surface area contributed by atoms with Gasteiger partial charge in [0.05, 0.1) is 0 Å². The van der Waals surface area contributed by atoms with Gasteiger partial charge in [0.2, 0.25) is 6.23 Å². The summed E-state index contributed by atoms with van der Waals surface area (Å²) < 4.78 is 5.47. The molecule has 22 heavy (non-hydrogen) atoms. The number of hydrogen-bond donors (Lipinski definition) is 0. The number of ether oxygens (including phenoxy) is 1. The second-order valence-corrected chi connectivity index (χ2v) is 6.37. The molecule has 2 aliphatic rings. The van der Waals surface area contributed by atoms with Gasteiger partial charge in [-0.2, -0.15) is 0 Å². The fourth-order valence-corrected chi connectivity index (χ4v) is 2.91. The van der Waals surface area contributed by atoms with Crippen LogP contribution in [0, 0.1) is 0 Å². The Morgan fingerprint density at radius 2 is 1.82 bits per heavy atom. The van der Waals surface area contributed by atoms with E-state index in [1.54, 1.807) is 11.2 Å². The first kappa shape index (κ1) is 16.8. The van der Waals surface area contributed by atoms with Gasteiger partial charge in [-0.15, -0.1) is 0 Å². The molecule has 2 rings (SSSR count). The van der Waals surface area contributed by atoms with Crippen molar-refractivity contribution in [2.45, 2.75) is 65.3 Å². The van der Waals surface area contributed by atoms with Crippen molar-refractivity contribution in [3.05, 3.63) is 12.3 Å². The zero-order valence-corrected chi connectivity index (χ0v) is 14.1. The molecule has 0 aromatic rings. The molecule has 0 aromatic carbocycles. The molecule has 0 aliphatic carbocycles. The van der Waals surface area contributed by atoms with Crippen LogP contribution in [0.2, 0.25) is 0 Å². The minimum atomic E-state index is -0.534. The van der Waals surface area contributed by atoms with Gasteiger partial charge in [-0.05, 0) is 46.6 Å². The monoisotopic (exact) mass is 308 g/mol. The maximum atomic E-state index is 12.2. The van der Waals surface area contributed by atoms with E-state index in [2.05, 4.69) is 10.0 Å². The summed E-state index contributed by atoms with van der Waals surface area (Å²) in [5.41, 5.74) is 0. The largest absolute Gasteiger partial charge is 0.420 e. The lowest BCUT2D eigenvalue weighted by Gasteiger charge is -2.35. The van der Waals surface area contributed by atoms with E-state index in [9.17, 15) is 4.79 Å². The van der Waals surface area contributed by atoms with Crippen molar-refractivity contribution in [1.29, 1.82) is 0 Å². The molecule has 2 heterocycles. The number of hydrogen-bond acceptors (Lipinski definition) is 5. The molecule has 1 amide bonds. The number of rotatable bonds is 4. The summed E-state index contributed by atoms with van der Waals surface area (Å²) in [5, 5.41) is 4.25. The zero-order chi connectivity index (χ0) is 16.1. The van der Waals surface area contributed by atoms with E-state index >= 15 is 0 Å². The molecule has 0 spiro atoms. The van der Waals surface area contributed by atoms with Gasteiger partial charge >= 0.3 is 6.09 Å². The van der Waals surface area contributed by atoms with E-state index in [4.69, 9.17) is 4.74 Å². The Bertz CT molecular complexity index is 406. The Kier molecular flexibility index (Phi) is 5.83. The number of carbonyl (C=O) groups excluding carboxylic acids is 1. The summed E-state index contributed by atoms with van der Waals surface area (Å²) >= 11 is 0. The summed E-state index contributed by atoms with van der Waals surface area (Å²) in [5.74, 6) is 0. The topological polar surface area (TPSA) is 48.4 Å². The second kappa shape index (κ2) is 7.63. The van der Waals surface area contributed by atoms with Crippen molar-refractivity contribution >= 4 is 12.4 Å². The van der Waals surface area contributed by atoms with Gasteiger partial charge in [0.15, 0.2) is 0 Å². The molecule has 0 saturated carbocycles. The third-order valence-corrected chi connectivity index (χ3v) is 3.94. The minimum Gasteiger partial charge on any atom is -0.420 e. The molecule has 6 heteroatoms. The van der Waals surface area contributed by atoms with Crippen LogP contribution in [0.5, 0.6) is 0 Å². The Balaban J connectivity index is 1.88. The van der Waals surface area contributed by atoms with Crippen LogP contribution in [-0.2, 0) is 4.74 Å². The van der Waals surface area contributed by atoms with Gasteiger partial charge in [-0.25, -0.2) is 14.8 Å². The van der Waals surface area contributed by atoms with Crippen molar-refractivity contribution in [1.82, 2.24) is 14.9 Å². The van der Waals surface area contributed by atoms with E-state index in [-0.39, 0.29) is 18.2 Å². The maximum absolute atomic E-state index is 12.2. The number of piperidine rings is 1. The summed E-state index contributed by atoms with van der Waals surface area (Å²) in [6, 6.07) is 0.211. The number of aliphatic imine (C=N–C) groups is 1. The number of amides is 1. The van der Waals surface area contributed by atoms with Crippen LogP contribution in [0.3, 0.4) is 0 Å². The number of hydrazine groups is 1. The van der Waals surface area contributed by atoms with E-state index in [1.165, 1.54) is 19.3 Å². The predicted molar refractivity (Wildman–Crippen MR) is 87.3 cm³/mol. The minimum absolute atomic E-state index is 0.105. The quantitative estimate of drug-likeness (QED) is 0.801. The highest BCUT2D eigenvalue weighted by molar-refractivity contribution is 5.69. The van der Waals surface area contributed by atoms with Crippen molar-refractivity contribution in [3.8, 4) is 0 Å².